The van der Waals surface area contributed by atoms with Crippen LogP contribution in [0.25, 0.3) is 11.0 Å². The summed E-state index contributed by atoms with van der Waals surface area (Å²) >= 11 is 0. The number of benzene rings is 2. The SMILES string of the molecule is O=C(NCCN1C(=O)COc2ccccc21)c1ccc2n[nH]nc2c1. The second-order valence-electron chi connectivity index (χ2n) is 5.58. The van der Waals surface area contributed by atoms with E-state index in [1.54, 1.807) is 23.1 Å². The first-order valence-electron chi connectivity index (χ1n) is 7.83. The van der Waals surface area contributed by atoms with Crippen LogP contribution >= 0.6 is 0 Å². The maximum absolute atomic E-state index is 12.3. The Morgan fingerprint density at radius 3 is 2.96 bits per heavy atom. The molecule has 2 aromatic carbocycles. The third-order valence-corrected chi connectivity index (χ3v) is 4.01. The minimum Gasteiger partial charge on any atom is -0.482 e. The van der Waals surface area contributed by atoms with E-state index in [2.05, 4.69) is 20.7 Å². The first-order chi connectivity index (χ1) is 12.2. The Morgan fingerprint density at radius 1 is 1.20 bits per heavy atom. The number of ether oxygens (including phenoxy) is 1. The molecule has 2 heterocycles. The van der Waals surface area contributed by atoms with Gasteiger partial charge in [0.2, 0.25) is 0 Å². The number of carbonyl (C=O) groups is 2. The zero-order valence-electron chi connectivity index (χ0n) is 13.2. The maximum atomic E-state index is 12.3. The third-order valence-electron chi connectivity index (χ3n) is 4.01. The summed E-state index contributed by atoms with van der Waals surface area (Å²) in [6.45, 7) is 0.709. The van der Waals surface area contributed by atoms with Crippen LogP contribution in [-0.4, -0.2) is 46.9 Å². The van der Waals surface area contributed by atoms with Crippen LogP contribution in [0.2, 0.25) is 0 Å². The average Bonchev–Trinajstić information content (AvgIpc) is 3.11. The standard InChI is InChI=1S/C17H15N5O3/c23-16-10-25-15-4-2-1-3-14(15)22(16)8-7-18-17(24)11-5-6-12-13(9-11)20-21-19-12/h1-6,9H,7-8,10H2,(H,18,24)(H,19,20,21). The second-order valence-corrected chi connectivity index (χ2v) is 5.58. The van der Waals surface area contributed by atoms with Crippen molar-refractivity contribution in [2.45, 2.75) is 0 Å². The van der Waals surface area contributed by atoms with Gasteiger partial charge in [0.05, 0.1) is 5.69 Å². The number of anilines is 1. The van der Waals surface area contributed by atoms with Gasteiger partial charge in [0, 0.05) is 18.7 Å². The summed E-state index contributed by atoms with van der Waals surface area (Å²) in [5, 5.41) is 13.3. The van der Waals surface area contributed by atoms with Gasteiger partial charge in [0.25, 0.3) is 11.8 Å². The van der Waals surface area contributed by atoms with E-state index in [0.29, 0.717) is 35.4 Å². The average molecular weight is 337 g/mol. The van der Waals surface area contributed by atoms with Crippen LogP contribution in [-0.2, 0) is 4.79 Å². The lowest BCUT2D eigenvalue weighted by molar-refractivity contribution is -0.121. The van der Waals surface area contributed by atoms with E-state index < -0.39 is 0 Å². The van der Waals surface area contributed by atoms with Crippen molar-refractivity contribution in [2.75, 3.05) is 24.6 Å². The molecular weight excluding hydrogens is 322 g/mol. The lowest BCUT2D eigenvalue weighted by Crippen LogP contribution is -2.43. The first-order valence-corrected chi connectivity index (χ1v) is 7.83. The number of nitrogens with zero attached hydrogens (tertiary/aromatic N) is 3. The van der Waals surface area contributed by atoms with Gasteiger partial charge in [-0.25, -0.2) is 0 Å². The van der Waals surface area contributed by atoms with Crippen LogP contribution in [0.15, 0.2) is 42.5 Å². The Bertz CT molecular complexity index is 952. The van der Waals surface area contributed by atoms with E-state index in [0.717, 1.165) is 5.69 Å². The molecule has 126 valence electrons. The number of fused-ring (bicyclic) bond motifs is 2. The summed E-state index contributed by atoms with van der Waals surface area (Å²) in [6.07, 6.45) is 0. The van der Waals surface area contributed by atoms with E-state index in [1.807, 2.05) is 24.3 Å². The van der Waals surface area contributed by atoms with Crippen LogP contribution in [0.3, 0.4) is 0 Å². The van der Waals surface area contributed by atoms with Crippen molar-refractivity contribution in [1.29, 1.82) is 0 Å². The Hall–Kier alpha value is -3.42. The predicted molar refractivity (Wildman–Crippen MR) is 90.5 cm³/mol. The van der Waals surface area contributed by atoms with Gasteiger partial charge in [-0.05, 0) is 30.3 Å². The normalized spacial score (nSPS) is 13.4. The van der Waals surface area contributed by atoms with E-state index in [1.165, 1.54) is 0 Å². The minimum atomic E-state index is -0.223. The summed E-state index contributed by atoms with van der Waals surface area (Å²) in [5.41, 5.74) is 2.55. The van der Waals surface area contributed by atoms with Crippen molar-refractivity contribution in [3.8, 4) is 5.75 Å². The summed E-state index contributed by atoms with van der Waals surface area (Å²) in [4.78, 5) is 26.0. The lowest BCUT2D eigenvalue weighted by atomic mass is 10.2. The zero-order chi connectivity index (χ0) is 17.2. The maximum Gasteiger partial charge on any atom is 0.265 e. The summed E-state index contributed by atoms with van der Waals surface area (Å²) in [7, 11) is 0. The number of nitrogens with one attached hydrogen (secondary N) is 2. The quantitative estimate of drug-likeness (QED) is 0.743. The molecule has 0 saturated heterocycles. The predicted octanol–water partition coefficient (Wildman–Crippen LogP) is 1.11. The number of aromatic amines is 1. The van der Waals surface area contributed by atoms with Crippen molar-refractivity contribution in [3.05, 3.63) is 48.0 Å². The molecule has 0 saturated carbocycles. The molecule has 1 aliphatic rings. The Kier molecular flexibility index (Phi) is 3.77. The molecule has 4 rings (SSSR count). The number of H-pyrrole nitrogens is 1. The van der Waals surface area contributed by atoms with E-state index in [-0.39, 0.29) is 18.4 Å². The van der Waals surface area contributed by atoms with Crippen LogP contribution in [0.4, 0.5) is 5.69 Å². The highest BCUT2D eigenvalue weighted by atomic mass is 16.5. The zero-order valence-corrected chi connectivity index (χ0v) is 13.2. The largest absolute Gasteiger partial charge is 0.482 e. The Morgan fingerprint density at radius 2 is 2.04 bits per heavy atom. The lowest BCUT2D eigenvalue weighted by Gasteiger charge is -2.29. The number of carbonyl (C=O) groups excluding carboxylic acids is 2. The fourth-order valence-electron chi connectivity index (χ4n) is 2.76. The monoisotopic (exact) mass is 337 g/mol. The molecule has 1 aliphatic heterocycles. The number of amides is 2. The van der Waals surface area contributed by atoms with Gasteiger partial charge in [-0.3, -0.25) is 9.59 Å². The number of rotatable bonds is 4. The molecule has 2 amide bonds. The highest BCUT2D eigenvalue weighted by Crippen LogP contribution is 2.30. The van der Waals surface area contributed by atoms with Gasteiger partial charge in [-0.1, -0.05) is 12.1 Å². The van der Waals surface area contributed by atoms with Gasteiger partial charge < -0.3 is 15.0 Å². The van der Waals surface area contributed by atoms with Crippen LogP contribution in [0.1, 0.15) is 10.4 Å². The molecule has 3 aromatic rings. The first kappa shape index (κ1) is 15.1. The smallest absolute Gasteiger partial charge is 0.265 e. The molecule has 1 aromatic heterocycles. The fraction of sp³-hybridized carbons (Fsp3) is 0.176. The van der Waals surface area contributed by atoms with Gasteiger partial charge in [-0.2, -0.15) is 15.4 Å². The van der Waals surface area contributed by atoms with Gasteiger partial charge in [-0.15, -0.1) is 0 Å². The highest BCUT2D eigenvalue weighted by molar-refractivity contribution is 5.99. The number of hydrogen-bond donors (Lipinski definition) is 2. The van der Waals surface area contributed by atoms with Crippen LogP contribution < -0.4 is 15.0 Å². The van der Waals surface area contributed by atoms with Gasteiger partial charge in [0.1, 0.15) is 16.8 Å². The van der Waals surface area contributed by atoms with E-state index in [4.69, 9.17) is 4.74 Å². The minimum absolute atomic E-state index is 0.00772. The summed E-state index contributed by atoms with van der Waals surface area (Å²) in [5.74, 6) is 0.320. The summed E-state index contributed by atoms with van der Waals surface area (Å²) < 4.78 is 5.40. The second kappa shape index (κ2) is 6.23. The Labute approximate surface area is 142 Å². The molecule has 0 aliphatic carbocycles. The van der Waals surface area contributed by atoms with E-state index in [9.17, 15) is 9.59 Å². The highest BCUT2D eigenvalue weighted by Gasteiger charge is 2.24. The fourth-order valence-corrected chi connectivity index (χ4v) is 2.76. The van der Waals surface area contributed by atoms with Crippen LogP contribution in [0, 0.1) is 0 Å². The molecular formula is C17H15N5O3. The molecule has 8 heteroatoms. The molecule has 25 heavy (non-hydrogen) atoms. The van der Waals surface area contributed by atoms with Crippen molar-refractivity contribution < 1.29 is 14.3 Å². The van der Waals surface area contributed by atoms with Crippen molar-refractivity contribution in [3.63, 3.8) is 0 Å². The Balaban J connectivity index is 1.42. The molecule has 0 spiro atoms. The van der Waals surface area contributed by atoms with Crippen molar-refractivity contribution >= 4 is 28.5 Å². The molecule has 0 bridgehead atoms. The molecule has 0 radical (unpaired) electrons. The number of hydrogen-bond acceptors (Lipinski definition) is 5. The van der Waals surface area contributed by atoms with Gasteiger partial charge >= 0.3 is 0 Å². The van der Waals surface area contributed by atoms with E-state index >= 15 is 0 Å². The van der Waals surface area contributed by atoms with Crippen molar-refractivity contribution in [2.24, 2.45) is 0 Å². The van der Waals surface area contributed by atoms with Gasteiger partial charge in [0.15, 0.2) is 6.61 Å². The number of para-hydroxylation sites is 2. The third kappa shape index (κ3) is 2.89. The van der Waals surface area contributed by atoms with Crippen LogP contribution in [0.5, 0.6) is 5.75 Å². The molecule has 0 unspecified atom stereocenters. The molecule has 0 atom stereocenters. The van der Waals surface area contributed by atoms with Crippen molar-refractivity contribution in [1.82, 2.24) is 20.7 Å². The summed E-state index contributed by atoms with van der Waals surface area (Å²) in [6, 6.07) is 12.4. The number of aromatic nitrogens is 3. The topological polar surface area (TPSA) is 100 Å². The molecule has 0 fully saturated rings. The molecule has 2 N–H and O–H groups in total. The molecule has 8 nitrogen and oxygen atoms in total.